The van der Waals surface area contributed by atoms with Gasteiger partial charge >= 0.3 is 0 Å². The number of phenolic OH excluding ortho intramolecular Hbond substituents is 1. The number of aromatic nitrogens is 2. The lowest BCUT2D eigenvalue weighted by Crippen LogP contribution is -1.98. The summed E-state index contributed by atoms with van der Waals surface area (Å²) in [4.78, 5) is 8.49. The van der Waals surface area contributed by atoms with E-state index in [-0.39, 0.29) is 11.7 Å². The molecule has 3 N–H and O–H groups in total. The summed E-state index contributed by atoms with van der Waals surface area (Å²) < 4.78 is 0. The van der Waals surface area contributed by atoms with E-state index >= 15 is 0 Å². The van der Waals surface area contributed by atoms with E-state index in [4.69, 9.17) is 17.3 Å². The zero-order valence-corrected chi connectivity index (χ0v) is 11.7. The van der Waals surface area contributed by atoms with Crippen LogP contribution in [0.4, 0.5) is 5.95 Å². The van der Waals surface area contributed by atoms with Gasteiger partial charge in [-0.2, -0.15) is 0 Å². The number of hydrogen-bond donors (Lipinski definition) is 2. The first-order chi connectivity index (χ1) is 10.1. The number of nitrogens with zero attached hydrogens (tertiary/aromatic N) is 2. The maximum absolute atomic E-state index is 9.35. The maximum Gasteiger partial charge on any atom is 0.221 e. The molecule has 0 radical (unpaired) electrons. The second-order valence-electron chi connectivity index (χ2n) is 4.55. The average molecular weight is 298 g/mol. The van der Waals surface area contributed by atoms with Crippen molar-refractivity contribution in [3.05, 3.63) is 59.6 Å². The fourth-order valence-corrected chi connectivity index (χ4v) is 2.14. The average Bonchev–Trinajstić information content (AvgIpc) is 2.48. The van der Waals surface area contributed by atoms with Crippen molar-refractivity contribution in [1.29, 1.82) is 0 Å². The molecule has 0 saturated heterocycles. The van der Waals surface area contributed by atoms with Crippen LogP contribution in [0.3, 0.4) is 0 Å². The van der Waals surface area contributed by atoms with E-state index in [0.717, 1.165) is 16.8 Å². The summed E-state index contributed by atoms with van der Waals surface area (Å²) in [6.45, 7) is 0. The van der Waals surface area contributed by atoms with Gasteiger partial charge in [0.25, 0.3) is 0 Å². The van der Waals surface area contributed by atoms with Gasteiger partial charge in [0.1, 0.15) is 5.75 Å². The topological polar surface area (TPSA) is 72.0 Å². The van der Waals surface area contributed by atoms with Crippen LogP contribution in [0, 0.1) is 0 Å². The highest BCUT2D eigenvalue weighted by atomic mass is 35.5. The van der Waals surface area contributed by atoms with Crippen LogP contribution in [0.1, 0.15) is 0 Å². The summed E-state index contributed by atoms with van der Waals surface area (Å²) in [5.74, 6) is 0.407. The number of rotatable bonds is 2. The summed E-state index contributed by atoms with van der Waals surface area (Å²) in [6, 6.07) is 16.0. The van der Waals surface area contributed by atoms with E-state index in [1.54, 1.807) is 36.4 Å². The molecule has 3 rings (SSSR count). The monoisotopic (exact) mass is 297 g/mol. The van der Waals surface area contributed by atoms with Crippen LogP contribution < -0.4 is 5.73 Å². The minimum Gasteiger partial charge on any atom is -0.508 e. The zero-order chi connectivity index (χ0) is 14.8. The van der Waals surface area contributed by atoms with Gasteiger partial charge in [-0.25, -0.2) is 9.97 Å². The first kappa shape index (κ1) is 13.4. The van der Waals surface area contributed by atoms with Crippen molar-refractivity contribution in [2.45, 2.75) is 0 Å². The lowest BCUT2D eigenvalue weighted by molar-refractivity contribution is 0.475. The summed E-state index contributed by atoms with van der Waals surface area (Å²) >= 11 is 5.89. The molecule has 4 nitrogen and oxygen atoms in total. The largest absolute Gasteiger partial charge is 0.508 e. The number of halogens is 1. The fourth-order valence-electron chi connectivity index (χ4n) is 2.01. The molecule has 0 aliphatic heterocycles. The van der Waals surface area contributed by atoms with Gasteiger partial charge in [-0.3, -0.25) is 0 Å². The summed E-state index contributed by atoms with van der Waals surface area (Å²) in [5, 5.41) is 10.0. The highest BCUT2D eigenvalue weighted by Crippen LogP contribution is 2.26. The molecule has 0 fully saturated rings. The molecule has 104 valence electrons. The van der Waals surface area contributed by atoms with Crippen LogP contribution >= 0.6 is 11.6 Å². The van der Waals surface area contributed by atoms with E-state index in [2.05, 4.69) is 9.97 Å². The van der Waals surface area contributed by atoms with Crippen molar-refractivity contribution >= 4 is 17.5 Å². The molecule has 1 heterocycles. The van der Waals surface area contributed by atoms with Gasteiger partial charge in [0.2, 0.25) is 5.95 Å². The number of hydrogen-bond acceptors (Lipinski definition) is 4. The van der Waals surface area contributed by atoms with Gasteiger partial charge in [0.15, 0.2) is 0 Å². The lowest BCUT2D eigenvalue weighted by Gasteiger charge is -2.06. The molecule has 21 heavy (non-hydrogen) atoms. The van der Waals surface area contributed by atoms with Crippen molar-refractivity contribution < 1.29 is 5.11 Å². The van der Waals surface area contributed by atoms with E-state index < -0.39 is 0 Å². The van der Waals surface area contributed by atoms with Crippen molar-refractivity contribution in [3.8, 4) is 28.3 Å². The van der Waals surface area contributed by atoms with Gasteiger partial charge in [-0.1, -0.05) is 23.7 Å². The van der Waals surface area contributed by atoms with Crippen molar-refractivity contribution in [2.75, 3.05) is 5.73 Å². The van der Waals surface area contributed by atoms with Crippen LogP contribution in [0.15, 0.2) is 54.6 Å². The first-order valence-electron chi connectivity index (χ1n) is 6.32. The molecule has 0 spiro atoms. The molecule has 1 aromatic heterocycles. The molecule has 0 amide bonds. The summed E-state index contributed by atoms with van der Waals surface area (Å²) in [5.41, 5.74) is 8.99. The Labute approximate surface area is 126 Å². The van der Waals surface area contributed by atoms with E-state index in [1.165, 1.54) is 0 Å². The minimum absolute atomic E-state index is 0.200. The summed E-state index contributed by atoms with van der Waals surface area (Å²) in [6.07, 6.45) is 0. The van der Waals surface area contributed by atoms with Crippen molar-refractivity contribution in [3.63, 3.8) is 0 Å². The molecule has 0 aliphatic rings. The molecule has 0 aliphatic carbocycles. The highest BCUT2D eigenvalue weighted by molar-refractivity contribution is 6.30. The van der Waals surface area contributed by atoms with Crippen molar-refractivity contribution in [2.24, 2.45) is 0 Å². The quantitative estimate of drug-likeness (QED) is 0.755. The third-order valence-corrected chi connectivity index (χ3v) is 3.30. The van der Waals surface area contributed by atoms with Crippen LogP contribution in [-0.4, -0.2) is 15.1 Å². The molecule has 2 aromatic carbocycles. The van der Waals surface area contributed by atoms with Crippen LogP contribution in [0.5, 0.6) is 5.75 Å². The predicted molar refractivity (Wildman–Crippen MR) is 84.0 cm³/mol. The number of anilines is 1. The minimum atomic E-state index is 0.200. The highest BCUT2D eigenvalue weighted by Gasteiger charge is 2.07. The van der Waals surface area contributed by atoms with Gasteiger partial charge < -0.3 is 10.8 Å². The Bertz CT molecular complexity index is 707. The third-order valence-electron chi connectivity index (χ3n) is 3.05. The van der Waals surface area contributed by atoms with E-state index in [1.807, 2.05) is 18.2 Å². The van der Waals surface area contributed by atoms with Crippen molar-refractivity contribution in [1.82, 2.24) is 9.97 Å². The third kappa shape index (κ3) is 2.95. The van der Waals surface area contributed by atoms with Gasteiger partial charge in [-0.15, -0.1) is 0 Å². The molecular formula is C16H12ClN3O. The number of benzene rings is 2. The second kappa shape index (κ2) is 5.42. The Morgan fingerprint density at radius 3 is 1.81 bits per heavy atom. The molecular weight excluding hydrogens is 286 g/mol. The Kier molecular flexibility index (Phi) is 3.46. The molecule has 0 saturated carbocycles. The SMILES string of the molecule is Nc1nc(-c2ccc(O)cc2)cc(-c2ccc(Cl)cc2)n1. The van der Waals surface area contributed by atoms with E-state index in [0.29, 0.717) is 10.7 Å². The Hall–Kier alpha value is -2.59. The van der Waals surface area contributed by atoms with Gasteiger partial charge in [0.05, 0.1) is 11.4 Å². The maximum atomic E-state index is 9.35. The standard InChI is InChI=1S/C16H12ClN3O/c17-12-5-1-10(2-6-12)14-9-15(20-16(18)19-14)11-3-7-13(21)8-4-11/h1-9,21H,(H2,18,19,20). The molecule has 0 atom stereocenters. The Morgan fingerprint density at radius 1 is 0.810 bits per heavy atom. The first-order valence-corrected chi connectivity index (χ1v) is 6.69. The van der Waals surface area contributed by atoms with Gasteiger partial charge in [0, 0.05) is 16.1 Å². The molecule has 0 bridgehead atoms. The zero-order valence-electron chi connectivity index (χ0n) is 11.0. The fraction of sp³-hybridized carbons (Fsp3) is 0. The predicted octanol–water partition coefficient (Wildman–Crippen LogP) is 3.75. The summed E-state index contributed by atoms with van der Waals surface area (Å²) in [7, 11) is 0. The Balaban J connectivity index is 2.07. The normalized spacial score (nSPS) is 10.5. The molecule has 5 heteroatoms. The molecule has 0 unspecified atom stereocenters. The van der Waals surface area contributed by atoms with Crippen LogP contribution in [-0.2, 0) is 0 Å². The lowest BCUT2D eigenvalue weighted by atomic mass is 10.1. The van der Waals surface area contributed by atoms with Crippen LogP contribution in [0.2, 0.25) is 5.02 Å². The smallest absolute Gasteiger partial charge is 0.221 e. The number of phenols is 1. The Morgan fingerprint density at radius 2 is 1.29 bits per heavy atom. The van der Waals surface area contributed by atoms with Gasteiger partial charge in [-0.05, 0) is 42.5 Å². The number of nitrogen functional groups attached to an aromatic ring is 1. The molecule has 3 aromatic rings. The van der Waals surface area contributed by atoms with E-state index in [9.17, 15) is 5.11 Å². The van der Waals surface area contributed by atoms with Crippen LogP contribution in [0.25, 0.3) is 22.5 Å². The number of aromatic hydroxyl groups is 1. The number of nitrogens with two attached hydrogens (primary N) is 1. The second-order valence-corrected chi connectivity index (χ2v) is 4.99.